The van der Waals surface area contributed by atoms with Crippen LogP contribution in [0.3, 0.4) is 0 Å². The molecule has 1 fully saturated rings. The predicted molar refractivity (Wildman–Crippen MR) is 117 cm³/mol. The van der Waals surface area contributed by atoms with Crippen LogP contribution in [-0.2, 0) is 0 Å². The summed E-state index contributed by atoms with van der Waals surface area (Å²) in [5.41, 5.74) is 1.87. The van der Waals surface area contributed by atoms with Gasteiger partial charge in [0.05, 0.1) is 11.6 Å². The van der Waals surface area contributed by atoms with Crippen molar-refractivity contribution >= 4 is 11.8 Å². The van der Waals surface area contributed by atoms with Gasteiger partial charge in [-0.05, 0) is 55.7 Å². The molecule has 32 heavy (non-hydrogen) atoms. The maximum Gasteiger partial charge on any atom is 0.268 e. The molecular formula is C24H28FN3O4. The zero-order chi connectivity index (χ0) is 23.2. The number of hydrazine groups is 1. The third-order valence-corrected chi connectivity index (χ3v) is 6.18. The monoisotopic (exact) mass is 441 g/mol. The number of hydrogen-bond acceptors (Lipinski definition) is 5. The lowest BCUT2D eigenvalue weighted by atomic mass is 9.99. The molecule has 0 radical (unpaired) electrons. The van der Waals surface area contributed by atoms with E-state index in [1.165, 1.54) is 23.2 Å². The SMILES string of the molecule is Cc1cc2c(cc1C(=O)N(C(C)C(O)c1cccc(F)c1)N(C)C)OC1CCCN1C2=O. The molecule has 1 N–H and O–H groups in total. The van der Waals surface area contributed by atoms with Crippen LogP contribution in [0.15, 0.2) is 36.4 Å². The average molecular weight is 442 g/mol. The largest absolute Gasteiger partial charge is 0.470 e. The van der Waals surface area contributed by atoms with Crippen molar-refractivity contribution in [2.75, 3.05) is 20.6 Å². The van der Waals surface area contributed by atoms with Crippen molar-refractivity contribution in [2.24, 2.45) is 0 Å². The molecule has 170 valence electrons. The van der Waals surface area contributed by atoms with E-state index in [9.17, 15) is 19.1 Å². The van der Waals surface area contributed by atoms with E-state index in [0.29, 0.717) is 34.5 Å². The fourth-order valence-corrected chi connectivity index (χ4v) is 4.53. The third-order valence-electron chi connectivity index (χ3n) is 6.18. The first kappa shape index (κ1) is 22.2. The minimum atomic E-state index is -1.10. The summed E-state index contributed by atoms with van der Waals surface area (Å²) in [6.07, 6.45) is 0.265. The van der Waals surface area contributed by atoms with Gasteiger partial charge in [0.2, 0.25) is 0 Å². The molecule has 0 saturated carbocycles. The number of fused-ring (bicyclic) bond motifs is 2. The quantitative estimate of drug-likeness (QED) is 0.722. The van der Waals surface area contributed by atoms with Crippen molar-refractivity contribution in [2.45, 2.75) is 45.1 Å². The standard InChI is InChI=1S/C24H28FN3O4/c1-14-11-19-20(32-21-9-6-10-27(21)23(19)30)13-18(14)24(31)28(26(3)4)15(2)22(29)16-7-5-8-17(25)12-16/h5,7-8,11-13,15,21-22,29H,6,9-10H2,1-4H3. The molecule has 2 amide bonds. The lowest BCUT2D eigenvalue weighted by molar-refractivity contribution is -0.0394. The normalized spacial score (nSPS) is 19.3. The average Bonchev–Trinajstić information content (AvgIpc) is 3.22. The number of nitrogens with zero attached hydrogens (tertiary/aromatic N) is 3. The maximum atomic E-state index is 13.7. The molecule has 3 atom stereocenters. The highest BCUT2D eigenvalue weighted by Crippen LogP contribution is 2.35. The van der Waals surface area contributed by atoms with Crippen molar-refractivity contribution in [3.8, 4) is 5.75 Å². The highest BCUT2D eigenvalue weighted by molar-refractivity contribution is 6.02. The second-order valence-electron chi connectivity index (χ2n) is 8.61. The van der Waals surface area contributed by atoms with E-state index >= 15 is 0 Å². The maximum absolute atomic E-state index is 13.7. The molecule has 2 heterocycles. The van der Waals surface area contributed by atoms with E-state index in [1.807, 2.05) is 0 Å². The Morgan fingerprint density at radius 3 is 2.72 bits per heavy atom. The van der Waals surface area contributed by atoms with E-state index in [0.717, 1.165) is 12.8 Å². The third kappa shape index (κ3) is 3.84. The molecule has 0 aliphatic carbocycles. The van der Waals surface area contributed by atoms with Crippen molar-refractivity contribution in [1.82, 2.24) is 14.9 Å². The van der Waals surface area contributed by atoms with Crippen LogP contribution in [-0.4, -0.2) is 64.7 Å². The Kier molecular flexibility index (Phi) is 5.92. The van der Waals surface area contributed by atoms with E-state index in [4.69, 9.17) is 4.74 Å². The number of benzene rings is 2. The fourth-order valence-electron chi connectivity index (χ4n) is 4.53. The topological polar surface area (TPSA) is 73.3 Å². The van der Waals surface area contributed by atoms with Crippen molar-refractivity contribution in [1.29, 1.82) is 0 Å². The number of halogens is 1. The smallest absolute Gasteiger partial charge is 0.268 e. The number of hydrogen-bond donors (Lipinski definition) is 1. The van der Waals surface area contributed by atoms with Crippen LogP contribution in [0.5, 0.6) is 5.75 Å². The van der Waals surface area contributed by atoms with E-state index < -0.39 is 18.0 Å². The van der Waals surface area contributed by atoms with Gasteiger partial charge in [0, 0.05) is 32.6 Å². The lowest BCUT2D eigenvalue weighted by Crippen LogP contribution is -2.50. The lowest BCUT2D eigenvalue weighted by Gasteiger charge is -2.38. The Morgan fingerprint density at radius 2 is 2.03 bits per heavy atom. The molecule has 8 heteroatoms. The van der Waals surface area contributed by atoms with Crippen LogP contribution in [0.1, 0.15) is 57.7 Å². The highest BCUT2D eigenvalue weighted by Gasteiger charge is 2.38. The summed E-state index contributed by atoms with van der Waals surface area (Å²) >= 11 is 0. The van der Waals surface area contributed by atoms with Gasteiger partial charge in [-0.3, -0.25) is 14.6 Å². The molecule has 7 nitrogen and oxygen atoms in total. The Labute approximate surface area is 187 Å². The van der Waals surface area contributed by atoms with E-state index in [2.05, 4.69) is 0 Å². The molecule has 4 rings (SSSR count). The van der Waals surface area contributed by atoms with Crippen LogP contribution in [0, 0.1) is 12.7 Å². The zero-order valence-electron chi connectivity index (χ0n) is 18.7. The minimum Gasteiger partial charge on any atom is -0.470 e. The Hall–Kier alpha value is -2.97. The first-order valence-corrected chi connectivity index (χ1v) is 10.8. The Bertz CT molecular complexity index is 1060. The number of aliphatic hydroxyl groups excluding tert-OH is 1. The van der Waals surface area contributed by atoms with E-state index in [-0.39, 0.29) is 18.0 Å². The molecule has 3 unspecified atom stereocenters. The van der Waals surface area contributed by atoms with Crippen LogP contribution >= 0.6 is 0 Å². The number of ether oxygens (including phenoxy) is 1. The van der Waals surface area contributed by atoms with Crippen molar-refractivity contribution in [3.05, 3.63) is 64.5 Å². The molecule has 2 aromatic rings. The molecular weight excluding hydrogens is 413 g/mol. The fraction of sp³-hybridized carbons (Fsp3) is 0.417. The van der Waals surface area contributed by atoms with Crippen LogP contribution in [0.2, 0.25) is 0 Å². The second kappa shape index (κ2) is 8.52. The van der Waals surface area contributed by atoms with Gasteiger partial charge < -0.3 is 14.7 Å². The van der Waals surface area contributed by atoms with Gasteiger partial charge in [0.25, 0.3) is 11.8 Å². The number of rotatable bonds is 5. The molecule has 2 aromatic carbocycles. The number of carbonyl (C=O) groups excluding carboxylic acids is 2. The second-order valence-corrected chi connectivity index (χ2v) is 8.61. The number of amides is 2. The molecule has 1 saturated heterocycles. The van der Waals surface area contributed by atoms with Crippen LogP contribution < -0.4 is 4.74 Å². The summed E-state index contributed by atoms with van der Waals surface area (Å²) in [6, 6.07) is 8.35. The predicted octanol–water partition coefficient (Wildman–Crippen LogP) is 3.13. The number of aryl methyl sites for hydroxylation is 1. The Morgan fingerprint density at radius 1 is 1.28 bits per heavy atom. The van der Waals surface area contributed by atoms with Gasteiger partial charge in [-0.2, -0.15) is 0 Å². The molecule has 2 aliphatic heterocycles. The summed E-state index contributed by atoms with van der Waals surface area (Å²) in [5.74, 6) is -0.465. The first-order valence-electron chi connectivity index (χ1n) is 10.8. The summed E-state index contributed by atoms with van der Waals surface area (Å²) in [7, 11) is 3.41. The van der Waals surface area contributed by atoms with Gasteiger partial charge in [0.15, 0.2) is 6.23 Å². The number of carbonyl (C=O) groups is 2. The summed E-state index contributed by atoms with van der Waals surface area (Å²) in [5, 5.41) is 13.9. The summed E-state index contributed by atoms with van der Waals surface area (Å²) in [4.78, 5) is 28.2. The van der Waals surface area contributed by atoms with Gasteiger partial charge in [-0.15, -0.1) is 0 Å². The zero-order valence-corrected chi connectivity index (χ0v) is 18.7. The van der Waals surface area contributed by atoms with Gasteiger partial charge in [-0.1, -0.05) is 12.1 Å². The van der Waals surface area contributed by atoms with E-state index in [1.54, 1.807) is 56.1 Å². The van der Waals surface area contributed by atoms with Crippen molar-refractivity contribution in [3.63, 3.8) is 0 Å². The van der Waals surface area contributed by atoms with Crippen LogP contribution in [0.25, 0.3) is 0 Å². The molecule has 0 bridgehead atoms. The summed E-state index contributed by atoms with van der Waals surface area (Å²) in [6.45, 7) is 4.16. The molecule has 0 spiro atoms. The molecule has 2 aliphatic rings. The number of aliphatic hydroxyl groups is 1. The van der Waals surface area contributed by atoms with Gasteiger partial charge in [0.1, 0.15) is 17.7 Å². The summed E-state index contributed by atoms with van der Waals surface area (Å²) < 4.78 is 19.7. The van der Waals surface area contributed by atoms with Crippen LogP contribution in [0.4, 0.5) is 4.39 Å². The molecule has 0 aromatic heterocycles. The highest BCUT2D eigenvalue weighted by atomic mass is 19.1. The Balaban J connectivity index is 1.66. The van der Waals surface area contributed by atoms with Crippen molar-refractivity contribution < 1.29 is 23.8 Å². The minimum absolute atomic E-state index is 0.0739. The van der Waals surface area contributed by atoms with Gasteiger partial charge in [-0.25, -0.2) is 9.40 Å². The van der Waals surface area contributed by atoms with Gasteiger partial charge >= 0.3 is 0 Å². The first-order chi connectivity index (χ1) is 15.2.